The number of hydrogen-bond donors (Lipinski definition) is 1. The van der Waals surface area contributed by atoms with Crippen molar-refractivity contribution in [1.82, 2.24) is 14.7 Å². The van der Waals surface area contributed by atoms with Crippen LogP contribution in [0.4, 0.5) is 8.78 Å². The topological polar surface area (TPSA) is 59.8 Å². The number of ether oxygens (including phenoxy) is 2. The molecular weight excluding hydrogens is 440 g/mol. The van der Waals surface area contributed by atoms with Gasteiger partial charge in [-0.2, -0.15) is 5.10 Å². The van der Waals surface area contributed by atoms with E-state index < -0.39 is 17.7 Å². The molecule has 0 saturated carbocycles. The Hall–Kier alpha value is -2.81. The van der Waals surface area contributed by atoms with Crippen molar-refractivity contribution in [2.75, 3.05) is 13.2 Å². The van der Waals surface area contributed by atoms with E-state index in [0.29, 0.717) is 24.7 Å². The zero-order chi connectivity index (χ0) is 24.8. The van der Waals surface area contributed by atoms with Gasteiger partial charge in [0.15, 0.2) is 11.6 Å². The Kier molecular flexibility index (Phi) is 8.77. The highest BCUT2D eigenvalue weighted by atomic mass is 19.1. The van der Waals surface area contributed by atoms with Gasteiger partial charge in [0, 0.05) is 25.2 Å². The molecule has 0 bridgehead atoms. The monoisotopic (exact) mass is 473 g/mol. The van der Waals surface area contributed by atoms with Crippen LogP contribution >= 0.6 is 0 Å². The molecule has 0 radical (unpaired) electrons. The molecule has 0 amide bonds. The van der Waals surface area contributed by atoms with E-state index in [-0.39, 0.29) is 24.5 Å². The molecule has 0 saturated heterocycles. The van der Waals surface area contributed by atoms with E-state index in [1.807, 2.05) is 65.0 Å². The van der Waals surface area contributed by atoms with Crippen molar-refractivity contribution >= 4 is 0 Å². The Bertz CT molecular complexity index is 1070. The minimum atomic E-state index is -0.800. The predicted octanol–water partition coefficient (Wildman–Crippen LogP) is 5.25. The number of rotatable bonds is 11. The van der Waals surface area contributed by atoms with Crippen LogP contribution in [0.15, 0.2) is 48.5 Å². The van der Waals surface area contributed by atoms with E-state index in [4.69, 9.17) is 9.47 Å². The number of para-hydroxylation sites is 1. The summed E-state index contributed by atoms with van der Waals surface area (Å²) in [6.07, 6.45) is -0.646. The van der Waals surface area contributed by atoms with Crippen LogP contribution < -0.4 is 4.74 Å². The van der Waals surface area contributed by atoms with Gasteiger partial charge >= 0.3 is 0 Å². The largest absolute Gasteiger partial charge is 0.435 e. The number of aromatic nitrogens is 2. The molecule has 1 N–H and O–H groups in total. The van der Waals surface area contributed by atoms with Crippen molar-refractivity contribution in [1.29, 1.82) is 0 Å². The minimum absolute atomic E-state index is 0.0270. The van der Waals surface area contributed by atoms with Gasteiger partial charge < -0.3 is 14.6 Å². The first kappa shape index (κ1) is 25.8. The third-order valence-electron chi connectivity index (χ3n) is 5.40. The van der Waals surface area contributed by atoms with Gasteiger partial charge in [0.2, 0.25) is 5.88 Å². The van der Waals surface area contributed by atoms with Crippen LogP contribution in [0.2, 0.25) is 0 Å². The minimum Gasteiger partial charge on any atom is -0.435 e. The van der Waals surface area contributed by atoms with Crippen LogP contribution in [-0.4, -0.2) is 51.2 Å². The Morgan fingerprint density at radius 1 is 1.06 bits per heavy atom. The average molecular weight is 474 g/mol. The molecule has 6 nitrogen and oxygen atoms in total. The van der Waals surface area contributed by atoms with E-state index in [1.165, 1.54) is 6.07 Å². The van der Waals surface area contributed by atoms with Gasteiger partial charge in [-0.15, -0.1) is 0 Å². The van der Waals surface area contributed by atoms with E-state index in [1.54, 1.807) is 4.68 Å². The number of aryl methyl sites for hydroxylation is 1. The molecule has 8 heteroatoms. The number of aliphatic hydroxyl groups is 1. The summed E-state index contributed by atoms with van der Waals surface area (Å²) in [5.41, 5.74) is 2.20. The van der Waals surface area contributed by atoms with Crippen LogP contribution in [-0.2, 0) is 11.3 Å². The van der Waals surface area contributed by atoms with Gasteiger partial charge in [0.05, 0.1) is 35.8 Å². The summed E-state index contributed by atoms with van der Waals surface area (Å²) >= 11 is 0. The molecule has 3 rings (SSSR count). The zero-order valence-electron chi connectivity index (χ0n) is 20.3. The third kappa shape index (κ3) is 6.62. The van der Waals surface area contributed by atoms with Crippen LogP contribution in [0.3, 0.4) is 0 Å². The standard InChI is InChI=1S/C26H33F2N3O3/c1-17(2)30(14-22(32)16-33-18(3)4)15-23-19(5)29-31(21-9-7-6-8-10-21)26(23)34-25-12-11-20(27)13-24(25)28/h6-13,17-18,22,32H,14-16H2,1-5H3/t22-/m0/s1. The fourth-order valence-corrected chi connectivity index (χ4v) is 3.52. The SMILES string of the molecule is Cc1nn(-c2ccccc2)c(Oc2ccc(F)cc2F)c1CN(C[C@H](O)COC(C)C)C(C)C. The molecular formula is C26H33F2N3O3. The first-order valence-electron chi connectivity index (χ1n) is 11.5. The van der Waals surface area contributed by atoms with Crippen molar-refractivity contribution in [2.45, 2.75) is 59.4 Å². The number of aliphatic hydroxyl groups excluding tert-OH is 1. The molecule has 2 aromatic carbocycles. The van der Waals surface area contributed by atoms with E-state index in [9.17, 15) is 13.9 Å². The highest BCUT2D eigenvalue weighted by Crippen LogP contribution is 2.33. The smallest absolute Gasteiger partial charge is 0.227 e. The molecule has 1 aromatic heterocycles. The molecule has 34 heavy (non-hydrogen) atoms. The van der Waals surface area contributed by atoms with Gasteiger partial charge in [-0.05, 0) is 58.9 Å². The van der Waals surface area contributed by atoms with Gasteiger partial charge in [-0.3, -0.25) is 4.90 Å². The van der Waals surface area contributed by atoms with Crippen LogP contribution in [0.5, 0.6) is 11.6 Å². The van der Waals surface area contributed by atoms with Gasteiger partial charge in [-0.25, -0.2) is 13.5 Å². The van der Waals surface area contributed by atoms with Crippen molar-refractivity contribution < 1.29 is 23.4 Å². The van der Waals surface area contributed by atoms with E-state index >= 15 is 0 Å². The number of benzene rings is 2. The van der Waals surface area contributed by atoms with Gasteiger partial charge in [0.25, 0.3) is 0 Å². The molecule has 1 heterocycles. The lowest BCUT2D eigenvalue weighted by Crippen LogP contribution is -2.39. The predicted molar refractivity (Wildman–Crippen MR) is 127 cm³/mol. The number of hydrogen-bond acceptors (Lipinski definition) is 5. The first-order chi connectivity index (χ1) is 16.2. The second-order valence-electron chi connectivity index (χ2n) is 8.85. The van der Waals surface area contributed by atoms with Crippen LogP contribution in [0.25, 0.3) is 5.69 Å². The third-order valence-corrected chi connectivity index (χ3v) is 5.40. The van der Waals surface area contributed by atoms with E-state index in [2.05, 4.69) is 10.00 Å². The lowest BCUT2D eigenvalue weighted by molar-refractivity contribution is -0.0137. The molecule has 184 valence electrons. The fraction of sp³-hybridized carbons (Fsp3) is 0.423. The maximum Gasteiger partial charge on any atom is 0.227 e. The first-order valence-corrected chi connectivity index (χ1v) is 11.5. The second kappa shape index (κ2) is 11.6. The van der Waals surface area contributed by atoms with Crippen molar-refractivity contribution in [2.24, 2.45) is 0 Å². The summed E-state index contributed by atoms with van der Waals surface area (Å²) in [6.45, 7) is 10.8. The molecule has 1 atom stereocenters. The summed E-state index contributed by atoms with van der Waals surface area (Å²) in [4.78, 5) is 2.08. The maximum atomic E-state index is 14.5. The quantitative estimate of drug-likeness (QED) is 0.412. The Morgan fingerprint density at radius 3 is 2.38 bits per heavy atom. The van der Waals surface area contributed by atoms with Gasteiger partial charge in [0.1, 0.15) is 5.82 Å². The molecule has 3 aromatic rings. The Labute approximate surface area is 199 Å². The molecule has 0 unspecified atom stereocenters. The van der Waals surface area contributed by atoms with Crippen LogP contribution in [0.1, 0.15) is 39.0 Å². The molecule has 0 aliphatic rings. The van der Waals surface area contributed by atoms with Crippen molar-refractivity contribution in [3.63, 3.8) is 0 Å². The summed E-state index contributed by atoms with van der Waals surface area (Å²) in [6, 6.07) is 12.7. The average Bonchev–Trinajstić information content (AvgIpc) is 3.09. The fourth-order valence-electron chi connectivity index (χ4n) is 3.52. The van der Waals surface area contributed by atoms with E-state index in [0.717, 1.165) is 23.4 Å². The maximum absolute atomic E-state index is 14.5. The zero-order valence-corrected chi connectivity index (χ0v) is 20.3. The number of halogens is 2. The van der Waals surface area contributed by atoms with Gasteiger partial charge in [-0.1, -0.05) is 18.2 Å². The van der Waals surface area contributed by atoms with Crippen molar-refractivity contribution in [3.8, 4) is 17.3 Å². The Balaban J connectivity index is 1.97. The normalized spacial score (nSPS) is 12.7. The number of nitrogens with zero attached hydrogens (tertiary/aromatic N) is 3. The molecule has 0 aliphatic carbocycles. The summed E-state index contributed by atoms with van der Waals surface area (Å²) in [5.74, 6) is -1.23. The Morgan fingerprint density at radius 2 is 1.76 bits per heavy atom. The van der Waals surface area contributed by atoms with Crippen LogP contribution in [0, 0.1) is 18.6 Å². The summed E-state index contributed by atoms with van der Waals surface area (Å²) < 4.78 is 41.1. The highest BCUT2D eigenvalue weighted by molar-refractivity contribution is 5.43. The lowest BCUT2D eigenvalue weighted by atomic mass is 10.2. The summed E-state index contributed by atoms with van der Waals surface area (Å²) in [5, 5.41) is 15.2. The van der Waals surface area contributed by atoms with Crippen molar-refractivity contribution in [3.05, 3.63) is 71.4 Å². The molecule has 0 aliphatic heterocycles. The molecule has 0 spiro atoms. The highest BCUT2D eigenvalue weighted by Gasteiger charge is 2.24. The molecule has 0 fully saturated rings. The lowest BCUT2D eigenvalue weighted by Gasteiger charge is -2.29. The second-order valence-corrected chi connectivity index (χ2v) is 8.85. The summed E-state index contributed by atoms with van der Waals surface area (Å²) in [7, 11) is 0.